The summed E-state index contributed by atoms with van der Waals surface area (Å²) < 4.78 is 56.7. The van der Waals surface area contributed by atoms with Crippen LogP contribution in [-0.2, 0) is 27.0 Å². The fourth-order valence-electron chi connectivity index (χ4n) is 4.64. The fraction of sp³-hybridized carbons (Fsp3) is 0.385. The number of carbonyl (C=O) groups excluding carboxylic acids is 2. The zero-order chi connectivity index (χ0) is 27.5. The molecule has 12 heteroatoms. The highest BCUT2D eigenvalue weighted by atomic mass is 19.4. The monoisotopic (exact) mass is 535 g/mol. The number of methoxy groups -OCH3 is 2. The molecule has 2 aliphatic rings. The molecule has 3 amide bonds. The molecule has 0 aromatic heterocycles. The number of carbonyl (C=O) groups is 2. The molecule has 2 aromatic carbocycles. The number of urea groups is 1. The van der Waals surface area contributed by atoms with Crippen molar-refractivity contribution in [2.45, 2.75) is 24.7 Å². The summed E-state index contributed by atoms with van der Waals surface area (Å²) >= 11 is 0. The van der Waals surface area contributed by atoms with Gasteiger partial charge in [0.1, 0.15) is 5.75 Å². The SMILES string of the molecule is COCC1(COC)CC(=CC(=O)Nc2ccc3c(c2)NC(=O)N(CCO)C3)c2ccc(C(F)(F)F)cc2O1. The number of fused-ring (bicyclic) bond motifs is 2. The molecule has 0 aliphatic carbocycles. The molecule has 9 nitrogen and oxygen atoms in total. The number of hydrogen-bond donors (Lipinski definition) is 3. The summed E-state index contributed by atoms with van der Waals surface area (Å²) in [6.45, 7) is 0.395. The minimum absolute atomic E-state index is 0.0211. The highest BCUT2D eigenvalue weighted by Gasteiger charge is 2.41. The number of halogens is 3. The number of hydrogen-bond acceptors (Lipinski definition) is 6. The summed E-state index contributed by atoms with van der Waals surface area (Å²) in [6.07, 6.45) is -3.10. The van der Waals surface area contributed by atoms with Crippen molar-refractivity contribution in [3.8, 4) is 5.75 Å². The van der Waals surface area contributed by atoms with Crippen molar-refractivity contribution in [3.05, 3.63) is 59.2 Å². The fourth-order valence-corrected chi connectivity index (χ4v) is 4.64. The molecule has 4 rings (SSSR count). The van der Waals surface area contributed by atoms with Crippen LogP contribution in [0.25, 0.3) is 5.57 Å². The first-order chi connectivity index (χ1) is 18.1. The maximum atomic E-state index is 13.4. The lowest BCUT2D eigenvalue weighted by Crippen LogP contribution is -2.47. The minimum Gasteiger partial charge on any atom is -0.481 e. The Kier molecular flexibility index (Phi) is 7.95. The van der Waals surface area contributed by atoms with Crippen LogP contribution in [0.2, 0.25) is 0 Å². The first-order valence-corrected chi connectivity index (χ1v) is 11.8. The second kappa shape index (κ2) is 11.0. The van der Waals surface area contributed by atoms with Crippen LogP contribution in [0.3, 0.4) is 0 Å². The summed E-state index contributed by atoms with van der Waals surface area (Å²) in [5, 5.41) is 14.6. The average Bonchev–Trinajstić information content (AvgIpc) is 2.84. The van der Waals surface area contributed by atoms with Crippen LogP contribution in [0.1, 0.15) is 23.1 Å². The summed E-state index contributed by atoms with van der Waals surface area (Å²) in [4.78, 5) is 26.7. The normalized spacial score (nSPS) is 17.4. The number of aliphatic hydroxyl groups excluding tert-OH is 1. The van der Waals surface area contributed by atoms with Gasteiger partial charge >= 0.3 is 12.2 Å². The Morgan fingerprint density at radius 2 is 1.95 bits per heavy atom. The van der Waals surface area contributed by atoms with Crippen molar-refractivity contribution in [1.29, 1.82) is 0 Å². The predicted molar refractivity (Wildman–Crippen MR) is 133 cm³/mol. The van der Waals surface area contributed by atoms with Gasteiger partial charge in [-0.3, -0.25) is 4.79 Å². The van der Waals surface area contributed by atoms with E-state index in [-0.39, 0.29) is 44.6 Å². The topological polar surface area (TPSA) is 109 Å². The van der Waals surface area contributed by atoms with Crippen LogP contribution in [0.5, 0.6) is 5.75 Å². The van der Waals surface area contributed by atoms with Gasteiger partial charge in [0.15, 0.2) is 5.60 Å². The van der Waals surface area contributed by atoms with Crippen molar-refractivity contribution in [2.75, 3.05) is 51.2 Å². The summed E-state index contributed by atoms with van der Waals surface area (Å²) in [5.41, 5.74) is 0.571. The molecule has 0 saturated heterocycles. The van der Waals surface area contributed by atoms with Crippen LogP contribution in [-0.4, -0.2) is 68.1 Å². The number of rotatable bonds is 8. The number of nitrogens with zero attached hydrogens (tertiary/aromatic N) is 1. The maximum absolute atomic E-state index is 13.4. The minimum atomic E-state index is -4.57. The highest BCUT2D eigenvalue weighted by Crippen LogP contribution is 2.43. The zero-order valence-corrected chi connectivity index (χ0v) is 20.9. The van der Waals surface area contributed by atoms with E-state index in [1.165, 1.54) is 31.3 Å². The van der Waals surface area contributed by atoms with E-state index in [0.29, 0.717) is 29.1 Å². The number of aliphatic hydroxyl groups is 1. The third kappa shape index (κ3) is 5.93. The van der Waals surface area contributed by atoms with Gasteiger partial charge in [-0.2, -0.15) is 13.2 Å². The smallest absolute Gasteiger partial charge is 0.416 e. The molecule has 2 aliphatic heterocycles. The summed E-state index contributed by atoms with van der Waals surface area (Å²) in [6, 6.07) is 7.83. The summed E-state index contributed by atoms with van der Waals surface area (Å²) in [5.74, 6) is -0.538. The molecule has 204 valence electrons. The lowest BCUT2D eigenvalue weighted by Gasteiger charge is -2.39. The molecule has 0 fully saturated rings. The quantitative estimate of drug-likeness (QED) is 0.443. The second-order valence-corrected chi connectivity index (χ2v) is 9.14. The van der Waals surface area contributed by atoms with E-state index in [4.69, 9.17) is 19.3 Å². The number of alkyl halides is 3. The Bertz CT molecular complexity index is 1240. The second-order valence-electron chi connectivity index (χ2n) is 9.14. The van der Waals surface area contributed by atoms with E-state index in [1.54, 1.807) is 18.2 Å². The Hall–Kier alpha value is -3.61. The predicted octanol–water partition coefficient (Wildman–Crippen LogP) is 3.88. The Balaban J connectivity index is 1.62. The number of nitrogens with one attached hydrogen (secondary N) is 2. The molecule has 0 atom stereocenters. The average molecular weight is 536 g/mol. The van der Waals surface area contributed by atoms with Crippen molar-refractivity contribution < 1.29 is 42.1 Å². The molecule has 0 saturated carbocycles. The van der Waals surface area contributed by atoms with Gasteiger partial charge in [0.2, 0.25) is 5.91 Å². The zero-order valence-electron chi connectivity index (χ0n) is 20.9. The largest absolute Gasteiger partial charge is 0.481 e. The van der Waals surface area contributed by atoms with Crippen molar-refractivity contribution in [2.24, 2.45) is 0 Å². The molecular formula is C26H28F3N3O6. The number of anilines is 2. The molecule has 2 heterocycles. The van der Waals surface area contributed by atoms with E-state index in [9.17, 15) is 22.8 Å². The van der Waals surface area contributed by atoms with Gasteiger partial charge in [0.05, 0.1) is 25.4 Å². The highest BCUT2D eigenvalue weighted by molar-refractivity contribution is 6.05. The van der Waals surface area contributed by atoms with E-state index >= 15 is 0 Å². The molecule has 38 heavy (non-hydrogen) atoms. The van der Waals surface area contributed by atoms with Crippen LogP contribution < -0.4 is 15.4 Å². The van der Waals surface area contributed by atoms with E-state index in [0.717, 1.165) is 17.7 Å². The standard InChI is InChI=1S/C26H28F3N3O6/c1-36-14-25(15-37-2)12-17(20-6-4-18(26(27,28)29)10-22(20)38-25)9-23(34)30-19-5-3-16-13-32(7-8-33)24(35)31-21(16)11-19/h3-6,9-11,33H,7-8,12-15H2,1-2H3,(H,30,34)(H,31,35). The van der Waals surface area contributed by atoms with Gasteiger partial charge in [-0.05, 0) is 35.4 Å². The molecule has 0 radical (unpaired) electrons. The molecule has 2 aromatic rings. The van der Waals surface area contributed by atoms with Crippen molar-refractivity contribution in [1.82, 2.24) is 4.90 Å². The number of amides is 3. The van der Waals surface area contributed by atoms with Gasteiger partial charge in [-0.25, -0.2) is 4.79 Å². The lowest BCUT2D eigenvalue weighted by atomic mass is 9.86. The van der Waals surface area contributed by atoms with Crippen LogP contribution in [0.4, 0.5) is 29.3 Å². The molecular weight excluding hydrogens is 507 g/mol. The molecule has 0 spiro atoms. The Morgan fingerprint density at radius 3 is 2.61 bits per heavy atom. The maximum Gasteiger partial charge on any atom is 0.416 e. The molecule has 3 N–H and O–H groups in total. The van der Waals surface area contributed by atoms with Crippen LogP contribution in [0, 0.1) is 0 Å². The van der Waals surface area contributed by atoms with E-state index in [1.807, 2.05) is 0 Å². The van der Waals surface area contributed by atoms with Gasteiger partial charge in [0, 0.05) is 56.7 Å². The first-order valence-electron chi connectivity index (χ1n) is 11.8. The third-order valence-corrected chi connectivity index (χ3v) is 6.25. The third-order valence-electron chi connectivity index (χ3n) is 6.25. The van der Waals surface area contributed by atoms with E-state index < -0.39 is 23.2 Å². The van der Waals surface area contributed by atoms with Crippen molar-refractivity contribution >= 4 is 28.9 Å². The van der Waals surface area contributed by atoms with Crippen LogP contribution >= 0.6 is 0 Å². The van der Waals surface area contributed by atoms with E-state index in [2.05, 4.69) is 10.6 Å². The first kappa shape index (κ1) is 27.4. The van der Waals surface area contributed by atoms with Crippen molar-refractivity contribution in [3.63, 3.8) is 0 Å². The van der Waals surface area contributed by atoms with Crippen LogP contribution in [0.15, 0.2) is 42.5 Å². The van der Waals surface area contributed by atoms with Gasteiger partial charge in [-0.15, -0.1) is 0 Å². The lowest BCUT2D eigenvalue weighted by molar-refractivity contribution is -0.138. The Morgan fingerprint density at radius 1 is 1.21 bits per heavy atom. The molecule has 0 bridgehead atoms. The molecule has 0 unspecified atom stereocenters. The van der Waals surface area contributed by atoms with Gasteiger partial charge in [0.25, 0.3) is 0 Å². The number of β-amino-alcohol motifs (C(OH)–C–C–N with tert-alkyl or cyclic N) is 1. The number of benzene rings is 2. The summed E-state index contributed by atoms with van der Waals surface area (Å²) in [7, 11) is 2.88. The van der Waals surface area contributed by atoms with Gasteiger partial charge < -0.3 is 34.9 Å². The Labute approximate surface area is 217 Å². The number of ether oxygens (including phenoxy) is 3. The van der Waals surface area contributed by atoms with Gasteiger partial charge in [-0.1, -0.05) is 12.1 Å².